The number of imidazole rings is 1. The van der Waals surface area contributed by atoms with Gasteiger partial charge in [0.2, 0.25) is 0 Å². The first-order chi connectivity index (χ1) is 16.8. The van der Waals surface area contributed by atoms with Crippen molar-refractivity contribution in [3.63, 3.8) is 0 Å². The summed E-state index contributed by atoms with van der Waals surface area (Å²) in [4.78, 5) is 19.3. The Labute approximate surface area is 200 Å². The van der Waals surface area contributed by atoms with Gasteiger partial charge >= 0.3 is 0 Å². The minimum atomic E-state index is -1.52. The molecule has 0 N–H and O–H groups in total. The molecule has 0 bridgehead atoms. The Hall–Kier alpha value is -3.75. The van der Waals surface area contributed by atoms with Crippen molar-refractivity contribution in [1.82, 2.24) is 14.5 Å². The molecule has 0 aliphatic carbocycles. The Morgan fingerprint density at radius 3 is 2.54 bits per heavy atom. The molecule has 3 aromatic rings. The Morgan fingerprint density at radius 1 is 1.14 bits per heavy atom. The number of rotatable bonds is 4. The molecular formula is C26H24F3N3O3. The predicted molar refractivity (Wildman–Crippen MR) is 122 cm³/mol. The van der Waals surface area contributed by atoms with Crippen LogP contribution in [0.3, 0.4) is 0 Å². The molecule has 2 fully saturated rings. The van der Waals surface area contributed by atoms with Gasteiger partial charge in [0, 0.05) is 6.20 Å². The zero-order valence-electron chi connectivity index (χ0n) is 19.5. The van der Waals surface area contributed by atoms with Gasteiger partial charge in [-0.05, 0) is 68.2 Å². The second-order valence-electron chi connectivity index (χ2n) is 8.86. The smallest absolute Gasteiger partial charge is 0.289 e. The summed E-state index contributed by atoms with van der Waals surface area (Å²) in [5.41, 5.74) is 2.57. The lowest BCUT2D eigenvalue weighted by Crippen LogP contribution is -2.49. The molecule has 9 heteroatoms. The predicted octanol–water partition coefficient (Wildman–Crippen LogP) is 5.10. The van der Waals surface area contributed by atoms with E-state index in [2.05, 4.69) is 4.98 Å². The fourth-order valence-corrected chi connectivity index (χ4v) is 4.94. The number of methoxy groups -OCH3 is 1. The van der Waals surface area contributed by atoms with E-state index in [1.54, 1.807) is 30.5 Å². The first kappa shape index (κ1) is 23.0. The van der Waals surface area contributed by atoms with Crippen molar-refractivity contribution in [2.24, 2.45) is 0 Å². The lowest BCUT2D eigenvalue weighted by Gasteiger charge is -2.39. The number of benzene rings is 2. The van der Waals surface area contributed by atoms with E-state index in [1.807, 2.05) is 36.7 Å². The largest absolute Gasteiger partial charge is 0.495 e. The van der Waals surface area contributed by atoms with Gasteiger partial charge in [0.15, 0.2) is 23.2 Å². The second kappa shape index (κ2) is 8.79. The Bertz CT molecular complexity index is 1310. The summed E-state index contributed by atoms with van der Waals surface area (Å²) in [6, 6.07) is 6.58. The van der Waals surface area contributed by atoms with Crippen LogP contribution < -0.4 is 4.74 Å². The number of fused-ring (bicyclic) bond motifs is 1. The third-order valence-corrected chi connectivity index (χ3v) is 6.61. The van der Waals surface area contributed by atoms with Crippen LogP contribution in [0.5, 0.6) is 5.75 Å². The Balaban J connectivity index is 1.48. The van der Waals surface area contributed by atoms with Crippen LogP contribution in [0.2, 0.25) is 0 Å². The van der Waals surface area contributed by atoms with Crippen molar-refractivity contribution in [2.45, 2.75) is 44.9 Å². The van der Waals surface area contributed by atoms with Crippen LogP contribution in [0.25, 0.3) is 11.8 Å². The second-order valence-corrected chi connectivity index (χ2v) is 8.86. The van der Waals surface area contributed by atoms with Crippen LogP contribution >= 0.6 is 0 Å². The van der Waals surface area contributed by atoms with Crippen LogP contribution in [-0.4, -0.2) is 39.6 Å². The van der Waals surface area contributed by atoms with E-state index in [1.165, 1.54) is 0 Å². The maximum absolute atomic E-state index is 13.9. The standard InChI is InChI=1S/C26H24F3N3O3/c1-14-12-31(13-30-14)22-5-4-16(8-23(22)34-3)9-24-26(33)32-20(15(2)35-24)6-7-21(32)17-10-18(27)25(29)19(28)11-17/h4-5,8-13,15,20-21H,6-7H2,1-3H3/t15-,20-,21+/m1/s1. The van der Waals surface area contributed by atoms with Crippen LogP contribution in [0.4, 0.5) is 13.2 Å². The van der Waals surface area contributed by atoms with Crippen molar-refractivity contribution < 1.29 is 27.4 Å². The van der Waals surface area contributed by atoms with Crippen LogP contribution in [0.1, 0.15) is 42.6 Å². The molecule has 182 valence electrons. The van der Waals surface area contributed by atoms with Crippen molar-refractivity contribution >= 4 is 12.0 Å². The van der Waals surface area contributed by atoms with Crippen molar-refractivity contribution in [3.8, 4) is 11.4 Å². The zero-order valence-corrected chi connectivity index (χ0v) is 19.5. The molecule has 2 aliphatic heterocycles. The van der Waals surface area contributed by atoms with Gasteiger partial charge in [-0.25, -0.2) is 18.2 Å². The number of nitrogens with zero attached hydrogens (tertiary/aromatic N) is 3. The molecule has 2 aliphatic rings. The Kier molecular flexibility index (Phi) is 5.78. The average Bonchev–Trinajstić information content (AvgIpc) is 3.47. The van der Waals surface area contributed by atoms with Gasteiger partial charge in [-0.3, -0.25) is 4.79 Å². The van der Waals surface area contributed by atoms with Gasteiger partial charge in [0.05, 0.1) is 36.9 Å². The summed E-state index contributed by atoms with van der Waals surface area (Å²) in [6.45, 7) is 3.75. The monoisotopic (exact) mass is 483 g/mol. The van der Waals surface area contributed by atoms with Crippen LogP contribution in [0.15, 0.2) is 48.6 Å². The number of hydrogen-bond acceptors (Lipinski definition) is 4. The number of aryl methyl sites for hydroxylation is 1. The lowest BCUT2D eigenvalue weighted by atomic mass is 10.0. The zero-order chi connectivity index (χ0) is 24.9. The first-order valence-corrected chi connectivity index (χ1v) is 11.3. The molecule has 0 radical (unpaired) electrons. The van der Waals surface area contributed by atoms with E-state index < -0.39 is 23.5 Å². The van der Waals surface area contributed by atoms with E-state index >= 15 is 0 Å². The SMILES string of the molecule is COc1cc(C=C2O[C@H](C)[C@H]3CC[C@@H](c4cc(F)c(F)c(F)c4)N3C2=O)ccc1-n1cnc(C)c1. The molecule has 1 aromatic heterocycles. The normalized spacial score (nSPS) is 22.9. The van der Waals surface area contributed by atoms with E-state index in [0.29, 0.717) is 24.2 Å². The number of amides is 1. The minimum absolute atomic E-state index is 0.122. The van der Waals surface area contributed by atoms with Gasteiger partial charge in [-0.1, -0.05) is 6.07 Å². The third kappa shape index (κ3) is 4.05. The molecular weight excluding hydrogens is 459 g/mol. The number of ether oxygens (including phenoxy) is 2. The number of morpholine rings is 1. The lowest BCUT2D eigenvalue weighted by molar-refractivity contribution is -0.144. The molecule has 0 unspecified atom stereocenters. The number of halogens is 3. The van der Waals surface area contributed by atoms with Crippen molar-refractivity contribution in [1.29, 1.82) is 0 Å². The van der Waals surface area contributed by atoms with Crippen molar-refractivity contribution in [2.75, 3.05) is 7.11 Å². The highest BCUT2D eigenvalue weighted by Crippen LogP contribution is 2.43. The van der Waals surface area contributed by atoms with Crippen molar-refractivity contribution in [3.05, 3.63) is 82.9 Å². The minimum Gasteiger partial charge on any atom is -0.495 e. The van der Waals surface area contributed by atoms with Gasteiger partial charge in [-0.15, -0.1) is 0 Å². The highest BCUT2D eigenvalue weighted by molar-refractivity contribution is 5.97. The summed E-state index contributed by atoms with van der Waals surface area (Å²) in [5, 5.41) is 0. The van der Waals surface area contributed by atoms with E-state index in [4.69, 9.17) is 9.47 Å². The third-order valence-electron chi connectivity index (χ3n) is 6.61. The molecule has 0 saturated carbocycles. The summed E-state index contributed by atoms with van der Waals surface area (Å²) in [5.74, 6) is -3.73. The number of aromatic nitrogens is 2. The topological polar surface area (TPSA) is 56.6 Å². The highest BCUT2D eigenvalue weighted by atomic mass is 19.2. The van der Waals surface area contributed by atoms with Crippen LogP contribution in [-0.2, 0) is 9.53 Å². The molecule has 2 saturated heterocycles. The quantitative estimate of drug-likeness (QED) is 0.383. The molecule has 5 rings (SSSR count). The van der Waals surface area contributed by atoms with E-state index in [9.17, 15) is 18.0 Å². The summed E-state index contributed by atoms with van der Waals surface area (Å²) in [6.07, 6.45) is 5.97. The van der Waals surface area contributed by atoms with Gasteiger partial charge in [-0.2, -0.15) is 0 Å². The highest BCUT2D eigenvalue weighted by Gasteiger charge is 2.46. The van der Waals surface area contributed by atoms with Crippen LogP contribution in [0, 0.1) is 24.4 Å². The fraction of sp³-hybridized carbons (Fsp3) is 0.308. The number of hydrogen-bond donors (Lipinski definition) is 0. The molecule has 6 nitrogen and oxygen atoms in total. The van der Waals surface area contributed by atoms with Gasteiger partial charge in [0.1, 0.15) is 11.9 Å². The molecule has 35 heavy (non-hydrogen) atoms. The average molecular weight is 483 g/mol. The maximum Gasteiger partial charge on any atom is 0.289 e. The summed E-state index contributed by atoms with van der Waals surface area (Å²) in [7, 11) is 1.56. The molecule has 1 amide bonds. The van der Waals surface area contributed by atoms with Gasteiger partial charge in [0.25, 0.3) is 5.91 Å². The Morgan fingerprint density at radius 2 is 1.89 bits per heavy atom. The van der Waals surface area contributed by atoms with Gasteiger partial charge < -0.3 is 18.9 Å². The molecule has 3 atom stereocenters. The molecule has 3 heterocycles. The number of carbonyl (C=O) groups excluding carboxylic acids is 1. The summed E-state index contributed by atoms with van der Waals surface area (Å²) < 4.78 is 54.7. The maximum atomic E-state index is 13.9. The number of carbonyl (C=O) groups is 1. The molecule has 0 spiro atoms. The first-order valence-electron chi connectivity index (χ1n) is 11.3. The fourth-order valence-electron chi connectivity index (χ4n) is 4.94. The summed E-state index contributed by atoms with van der Waals surface area (Å²) >= 11 is 0. The molecule has 2 aromatic carbocycles. The van der Waals surface area contributed by atoms with E-state index in [-0.39, 0.29) is 29.4 Å². The van der Waals surface area contributed by atoms with E-state index in [0.717, 1.165) is 23.5 Å².